The van der Waals surface area contributed by atoms with E-state index in [9.17, 15) is 0 Å². The van der Waals surface area contributed by atoms with Crippen molar-refractivity contribution in [3.8, 4) is 22.3 Å². The number of hydrogen-bond donors (Lipinski definition) is 0. The minimum atomic E-state index is -0.183. The van der Waals surface area contributed by atoms with Gasteiger partial charge in [-0.25, -0.2) is 0 Å². The van der Waals surface area contributed by atoms with Crippen molar-refractivity contribution >= 4 is 87.5 Å². The maximum absolute atomic E-state index is 7.01. The second-order valence-corrected chi connectivity index (χ2v) is 18.0. The number of furan rings is 2. The van der Waals surface area contributed by atoms with E-state index < -0.39 is 0 Å². The fourth-order valence-electron chi connectivity index (χ4n) is 11.3. The zero-order chi connectivity index (χ0) is 43.9. The van der Waals surface area contributed by atoms with Gasteiger partial charge in [0.25, 0.3) is 0 Å². The number of fused-ring (bicyclic) bond motifs is 10. The number of aliphatic imine (C=N–C) groups is 1. The quantitative estimate of drug-likeness (QED) is 0.156. The predicted octanol–water partition coefficient (Wildman–Crippen LogP) is 17.7. The maximum atomic E-state index is 7.01. The standard InChI is InChI=1S/C63H45NO2/c1-3-43-59(39-18-5-4-6-19-39)38(2)34-56(64-61(43)53-29-17-28-50-48-26-13-15-30-57(48)65-62(50)53)42-35-40-20-7-10-23-45(40)54(37-42)49-32-33-51(63-60(49)52-27-14-16-31-58(52)66-63)55-36-41-21-8-9-22-44(41)46-24-11-12-25-47(46)55/h4-33,35-37,43,61H,3,34H2,1-2H3. The molecule has 2 atom stereocenters. The number of para-hydroxylation sites is 3. The van der Waals surface area contributed by atoms with Crippen molar-refractivity contribution in [1.82, 2.24) is 0 Å². The van der Waals surface area contributed by atoms with Crippen LogP contribution in [0.5, 0.6) is 0 Å². The summed E-state index contributed by atoms with van der Waals surface area (Å²) in [6.07, 6.45) is 1.65. The lowest BCUT2D eigenvalue weighted by Crippen LogP contribution is -2.14. The van der Waals surface area contributed by atoms with Crippen LogP contribution in [0, 0.1) is 5.92 Å². The first-order valence-corrected chi connectivity index (χ1v) is 23.2. The number of benzene rings is 10. The lowest BCUT2D eigenvalue weighted by molar-refractivity contribution is 0.520. The molecule has 0 amide bonds. The molecule has 3 heterocycles. The van der Waals surface area contributed by atoms with Crippen LogP contribution in [0.1, 0.15) is 49.4 Å². The van der Waals surface area contributed by atoms with Gasteiger partial charge in [-0.2, -0.15) is 0 Å². The third-order valence-electron chi connectivity index (χ3n) is 14.3. The van der Waals surface area contributed by atoms with Crippen LogP contribution < -0.4 is 0 Å². The molecule has 0 radical (unpaired) electrons. The van der Waals surface area contributed by atoms with E-state index in [4.69, 9.17) is 13.8 Å². The molecule has 0 aliphatic carbocycles. The Bertz CT molecular complexity index is 3980. The van der Waals surface area contributed by atoms with Crippen molar-refractivity contribution in [2.24, 2.45) is 10.9 Å². The van der Waals surface area contributed by atoms with Gasteiger partial charge in [-0.05, 0) is 115 Å². The SMILES string of the molecule is CCC1C(c2ccccc2)=C(C)CC(c2cc(-c3ccc(-c4cc5ccccc5c5ccccc45)c4oc5ccccc5c34)c3ccccc3c2)=NC1c1cccc2c1oc1ccccc12. The number of allylic oxidation sites excluding steroid dienone is 1. The van der Waals surface area contributed by atoms with Crippen LogP contribution in [0.2, 0.25) is 0 Å². The van der Waals surface area contributed by atoms with Crippen molar-refractivity contribution < 1.29 is 8.83 Å². The molecule has 0 saturated carbocycles. The van der Waals surface area contributed by atoms with Gasteiger partial charge < -0.3 is 8.83 Å². The Morgan fingerprint density at radius 2 is 1.05 bits per heavy atom. The third kappa shape index (κ3) is 6.00. The largest absolute Gasteiger partial charge is 0.456 e. The highest BCUT2D eigenvalue weighted by Gasteiger charge is 2.33. The number of rotatable bonds is 6. The summed E-state index contributed by atoms with van der Waals surface area (Å²) in [7, 11) is 0. The van der Waals surface area contributed by atoms with Gasteiger partial charge >= 0.3 is 0 Å². The van der Waals surface area contributed by atoms with E-state index in [0.29, 0.717) is 0 Å². The first-order chi connectivity index (χ1) is 32.6. The molecule has 3 nitrogen and oxygen atoms in total. The van der Waals surface area contributed by atoms with E-state index in [2.05, 4.69) is 214 Å². The summed E-state index contributed by atoms with van der Waals surface area (Å²) in [6.45, 7) is 4.63. The molecule has 2 unspecified atom stereocenters. The molecule has 0 fully saturated rings. The highest BCUT2D eigenvalue weighted by atomic mass is 16.3. The summed E-state index contributed by atoms with van der Waals surface area (Å²) in [6, 6.07) is 72.3. The second-order valence-electron chi connectivity index (χ2n) is 18.0. The summed E-state index contributed by atoms with van der Waals surface area (Å²) in [5.41, 5.74) is 15.5. The van der Waals surface area contributed by atoms with Crippen LogP contribution in [0.15, 0.2) is 220 Å². The van der Waals surface area contributed by atoms with E-state index >= 15 is 0 Å². The summed E-state index contributed by atoms with van der Waals surface area (Å²) >= 11 is 0. The predicted molar refractivity (Wildman–Crippen MR) is 278 cm³/mol. The molecule has 1 aliphatic rings. The molecule has 66 heavy (non-hydrogen) atoms. The maximum Gasteiger partial charge on any atom is 0.143 e. The van der Waals surface area contributed by atoms with Crippen molar-refractivity contribution in [3.05, 3.63) is 222 Å². The van der Waals surface area contributed by atoms with Crippen LogP contribution in [-0.4, -0.2) is 5.71 Å². The average Bonchev–Trinajstić information content (AvgIpc) is 3.91. The molecule has 0 spiro atoms. The van der Waals surface area contributed by atoms with Gasteiger partial charge in [0.1, 0.15) is 22.3 Å². The van der Waals surface area contributed by atoms with E-state index in [-0.39, 0.29) is 12.0 Å². The highest BCUT2D eigenvalue weighted by Crippen LogP contribution is 2.49. The summed E-state index contributed by atoms with van der Waals surface area (Å²) in [5, 5.41) is 11.8. The lowest BCUT2D eigenvalue weighted by atomic mass is 9.79. The van der Waals surface area contributed by atoms with Crippen LogP contribution in [0.4, 0.5) is 0 Å². The van der Waals surface area contributed by atoms with E-state index in [1.165, 1.54) is 54.6 Å². The highest BCUT2D eigenvalue weighted by molar-refractivity contribution is 6.22. The fourth-order valence-corrected chi connectivity index (χ4v) is 11.3. The molecular formula is C63H45NO2. The zero-order valence-electron chi connectivity index (χ0n) is 36.9. The smallest absolute Gasteiger partial charge is 0.143 e. The minimum absolute atomic E-state index is 0.124. The Hall–Kier alpha value is -8.01. The number of hydrogen-bond acceptors (Lipinski definition) is 3. The summed E-state index contributed by atoms with van der Waals surface area (Å²) in [4.78, 5) is 5.96. The molecule has 0 saturated heterocycles. The molecule has 12 aromatic rings. The molecule has 13 rings (SSSR count). The van der Waals surface area contributed by atoms with E-state index in [1.807, 2.05) is 0 Å². The molecule has 314 valence electrons. The van der Waals surface area contributed by atoms with Crippen molar-refractivity contribution in [2.75, 3.05) is 0 Å². The molecular weight excluding hydrogens is 803 g/mol. The molecule has 1 aliphatic heterocycles. The molecule has 2 aromatic heterocycles. The summed E-state index contributed by atoms with van der Waals surface area (Å²) in [5.74, 6) is 0.124. The van der Waals surface area contributed by atoms with Crippen molar-refractivity contribution in [2.45, 2.75) is 32.7 Å². The Kier molecular flexibility index (Phi) is 8.92. The van der Waals surface area contributed by atoms with Crippen LogP contribution >= 0.6 is 0 Å². The third-order valence-corrected chi connectivity index (χ3v) is 14.3. The Morgan fingerprint density at radius 1 is 0.455 bits per heavy atom. The Labute approximate surface area is 383 Å². The number of nitrogens with zero attached hydrogens (tertiary/aromatic N) is 1. The Morgan fingerprint density at radius 3 is 1.83 bits per heavy atom. The van der Waals surface area contributed by atoms with Gasteiger partial charge in [0, 0.05) is 50.7 Å². The van der Waals surface area contributed by atoms with Gasteiger partial charge in [0.2, 0.25) is 0 Å². The first kappa shape index (κ1) is 38.4. The van der Waals surface area contributed by atoms with Gasteiger partial charge in [0.05, 0.1) is 6.04 Å². The second kappa shape index (κ2) is 15.3. The van der Waals surface area contributed by atoms with Gasteiger partial charge in [-0.1, -0.05) is 176 Å². The molecule has 10 aromatic carbocycles. The topological polar surface area (TPSA) is 38.6 Å². The monoisotopic (exact) mass is 847 g/mol. The lowest BCUT2D eigenvalue weighted by Gasteiger charge is -2.27. The molecule has 0 bridgehead atoms. The fraction of sp³-hybridized carbons (Fsp3) is 0.0952. The first-order valence-electron chi connectivity index (χ1n) is 23.2. The van der Waals surface area contributed by atoms with Crippen LogP contribution in [0.3, 0.4) is 0 Å². The van der Waals surface area contributed by atoms with Gasteiger partial charge in [0.15, 0.2) is 0 Å². The molecule has 3 heteroatoms. The summed E-state index contributed by atoms with van der Waals surface area (Å²) < 4.78 is 13.8. The molecule has 0 N–H and O–H groups in total. The van der Waals surface area contributed by atoms with Crippen molar-refractivity contribution in [1.29, 1.82) is 0 Å². The van der Waals surface area contributed by atoms with Crippen LogP contribution in [0.25, 0.3) is 104 Å². The zero-order valence-corrected chi connectivity index (χ0v) is 36.9. The van der Waals surface area contributed by atoms with Crippen molar-refractivity contribution in [3.63, 3.8) is 0 Å². The van der Waals surface area contributed by atoms with E-state index in [1.54, 1.807) is 0 Å². The normalized spacial score (nSPS) is 15.8. The van der Waals surface area contributed by atoms with Crippen LogP contribution in [-0.2, 0) is 0 Å². The minimum Gasteiger partial charge on any atom is -0.456 e. The van der Waals surface area contributed by atoms with Gasteiger partial charge in [-0.3, -0.25) is 4.99 Å². The van der Waals surface area contributed by atoms with Gasteiger partial charge in [-0.15, -0.1) is 0 Å². The Balaban J connectivity index is 1.06. The average molecular weight is 848 g/mol. The van der Waals surface area contributed by atoms with E-state index in [0.717, 1.165) is 90.2 Å².